The summed E-state index contributed by atoms with van der Waals surface area (Å²) in [6.45, 7) is 4.96. The van der Waals surface area contributed by atoms with Gasteiger partial charge < -0.3 is 20.3 Å². The lowest BCUT2D eigenvalue weighted by atomic mass is 10.1. The van der Waals surface area contributed by atoms with E-state index in [0.717, 1.165) is 32.7 Å². The molecular formula is C11H21N3O2. The van der Waals surface area contributed by atoms with E-state index in [-0.39, 0.29) is 17.9 Å². The third-order valence-electron chi connectivity index (χ3n) is 3.28. The van der Waals surface area contributed by atoms with Crippen molar-refractivity contribution in [1.29, 1.82) is 0 Å². The first-order valence-corrected chi connectivity index (χ1v) is 6.03. The average Bonchev–Trinajstić information content (AvgIpc) is 2.74. The first kappa shape index (κ1) is 11.8. The Hall–Kier alpha value is -0.650. The zero-order valence-electron chi connectivity index (χ0n) is 9.87. The second-order valence-corrected chi connectivity index (χ2v) is 4.72. The number of ether oxygens (including phenoxy) is 1. The number of hydrogen-bond donors (Lipinski definition) is 2. The van der Waals surface area contributed by atoms with Crippen molar-refractivity contribution in [2.24, 2.45) is 5.92 Å². The van der Waals surface area contributed by atoms with Crippen LogP contribution in [0.1, 0.15) is 6.42 Å². The maximum Gasteiger partial charge on any atom is 0.224 e. The van der Waals surface area contributed by atoms with Gasteiger partial charge in [-0.1, -0.05) is 0 Å². The van der Waals surface area contributed by atoms with Gasteiger partial charge >= 0.3 is 0 Å². The number of nitrogens with zero attached hydrogens (tertiary/aromatic N) is 1. The summed E-state index contributed by atoms with van der Waals surface area (Å²) in [5, 5.41) is 6.33. The molecule has 16 heavy (non-hydrogen) atoms. The Balaban J connectivity index is 1.67. The molecule has 5 nitrogen and oxygen atoms in total. The van der Waals surface area contributed by atoms with Crippen LogP contribution in [-0.4, -0.2) is 63.3 Å². The molecule has 0 aromatic rings. The summed E-state index contributed by atoms with van der Waals surface area (Å²) < 4.78 is 5.33. The molecule has 2 unspecified atom stereocenters. The van der Waals surface area contributed by atoms with Gasteiger partial charge in [0.25, 0.3) is 0 Å². The highest BCUT2D eigenvalue weighted by molar-refractivity contribution is 5.79. The molecule has 2 rings (SSSR count). The van der Waals surface area contributed by atoms with Gasteiger partial charge in [-0.25, -0.2) is 0 Å². The summed E-state index contributed by atoms with van der Waals surface area (Å²) in [5.74, 6) is 0.367. The Morgan fingerprint density at radius 3 is 3.12 bits per heavy atom. The third-order valence-corrected chi connectivity index (χ3v) is 3.28. The Bertz CT molecular complexity index is 241. The lowest BCUT2D eigenvalue weighted by Crippen LogP contribution is -2.49. The molecule has 2 aliphatic heterocycles. The van der Waals surface area contributed by atoms with Crippen molar-refractivity contribution in [3.8, 4) is 0 Å². The predicted octanol–water partition coefficient (Wildman–Crippen LogP) is -0.957. The van der Waals surface area contributed by atoms with Gasteiger partial charge in [0.1, 0.15) is 0 Å². The van der Waals surface area contributed by atoms with E-state index in [9.17, 15) is 4.79 Å². The summed E-state index contributed by atoms with van der Waals surface area (Å²) in [4.78, 5) is 14.0. The van der Waals surface area contributed by atoms with Crippen molar-refractivity contribution in [3.63, 3.8) is 0 Å². The van der Waals surface area contributed by atoms with E-state index in [1.165, 1.54) is 0 Å². The second kappa shape index (κ2) is 5.61. The van der Waals surface area contributed by atoms with Gasteiger partial charge in [0.2, 0.25) is 5.91 Å². The Morgan fingerprint density at radius 2 is 2.50 bits per heavy atom. The van der Waals surface area contributed by atoms with Crippen LogP contribution in [0, 0.1) is 5.92 Å². The van der Waals surface area contributed by atoms with E-state index in [1.54, 1.807) is 0 Å². The molecule has 0 aromatic heterocycles. The maximum absolute atomic E-state index is 11.8. The molecule has 1 amide bonds. The fourth-order valence-corrected chi connectivity index (χ4v) is 2.27. The fraction of sp³-hybridized carbons (Fsp3) is 0.909. The first-order chi connectivity index (χ1) is 7.75. The van der Waals surface area contributed by atoms with Gasteiger partial charge in [-0.15, -0.1) is 0 Å². The molecular weight excluding hydrogens is 206 g/mol. The van der Waals surface area contributed by atoms with Crippen molar-refractivity contribution in [3.05, 3.63) is 0 Å². The minimum atomic E-state index is 0.175. The molecule has 0 saturated carbocycles. The summed E-state index contributed by atoms with van der Waals surface area (Å²) >= 11 is 0. The maximum atomic E-state index is 11.8. The van der Waals surface area contributed by atoms with E-state index in [1.807, 2.05) is 0 Å². The van der Waals surface area contributed by atoms with Gasteiger partial charge in [0.05, 0.1) is 19.1 Å². The van der Waals surface area contributed by atoms with Crippen LogP contribution in [0.4, 0.5) is 0 Å². The fourth-order valence-electron chi connectivity index (χ4n) is 2.27. The Kier molecular flexibility index (Phi) is 4.15. The van der Waals surface area contributed by atoms with Crippen molar-refractivity contribution in [1.82, 2.24) is 15.5 Å². The zero-order chi connectivity index (χ0) is 11.4. The van der Waals surface area contributed by atoms with E-state index in [0.29, 0.717) is 13.2 Å². The average molecular weight is 227 g/mol. The number of likely N-dealkylation sites (tertiary alicyclic amines) is 1. The first-order valence-electron chi connectivity index (χ1n) is 6.03. The van der Waals surface area contributed by atoms with Crippen LogP contribution in [0.2, 0.25) is 0 Å². The zero-order valence-corrected chi connectivity index (χ0v) is 9.87. The van der Waals surface area contributed by atoms with Crippen LogP contribution < -0.4 is 10.6 Å². The summed E-state index contributed by atoms with van der Waals surface area (Å²) in [6, 6.07) is 0.275. The van der Waals surface area contributed by atoms with E-state index >= 15 is 0 Å². The second-order valence-electron chi connectivity index (χ2n) is 4.72. The van der Waals surface area contributed by atoms with Gasteiger partial charge in [-0.3, -0.25) is 4.79 Å². The molecule has 2 fully saturated rings. The SMILES string of the molecule is CN1CCC(C(=O)NCC2COCCN2)C1. The third kappa shape index (κ3) is 3.17. The van der Waals surface area contributed by atoms with Gasteiger partial charge in [-0.05, 0) is 20.0 Å². The van der Waals surface area contributed by atoms with Gasteiger partial charge in [0.15, 0.2) is 0 Å². The van der Waals surface area contributed by atoms with Crippen LogP contribution in [0.5, 0.6) is 0 Å². The molecule has 0 radical (unpaired) electrons. The number of amides is 1. The molecule has 2 N–H and O–H groups in total. The van der Waals surface area contributed by atoms with Crippen LogP contribution >= 0.6 is 0 Å². The van der Waals surface area contributed by atoms with Crippen LogP contribution in [0.15, 0.2) is 0 Å². The molecule has 5 heteroatoms. The topological polar surface area (TPSA) is 53.6 Å². The number of carbonyl (C=O) groups is 1. The number of morpholine rings is 1. The largest absolute Gasteiger partial charge is 0.378 e. The highest BCUT2D eigenvalue weighted by Gasteiger charge is 2.26. The van der Waals surface area contributed by atoms with Crippen LogP contribution in [0.25, 0.3) is 0 Å². The van der Waals surface area contributed by atoms with E-state index in [4.69, 9.17) is 4.74 Å². The Labute approximate surface area is 96.5 Å². The summed E-state index contributed by atoms with van der Waals surface area (Å²) in [6.07, 6.45) is 0.983. The molecule has 0 aromatic carbocycles. The monoisotopic (exact) mass is 227 g/mol. The minimum absolute atomic E-state index is 0.175. The van der Waals surface area contributed by atoms with Crippen molar-refractivity contribution in [2.75, 3.05) is 46.4 Å². The molecule has 0 bridgehead atoms. The summed E-state index contributed by atoms with van der Waals surface area (Å²) in [5.41, 5.74) is 0. The molecule has 2 saturated heterocycles. The summed E-state index contributed by atoms with van der Waals surface area (Å²) in [7, 11) is 2.06. The molecule has 0 spiro atoms. The standard InChI is InChI=1S/C11H21N3O2/c1-14-4-2-9(7-14)11(15)13-6-10-8-16-5-3-12-10/h9-10,12H,2-8H2,1H3,(H,13,15). The minimum Gasteiger partial charge on any atom is -0.378 e. The Morgan fingerprint density at radius 1 is 1.62 bits per heavy atom. The van der Waals surface area contributed by atoms with Gasteiger partial charge in [0, 0.05) is 25.7 Å². The normalized spacial score (nSPS) is 31.6. The van der Waals surface area contributed by atoms with E-state index < -0.39 is 0 Å². The lowest BCUT2D eigenvalue weighted by Gasteiger charge is -2.24. The number of rotatable bonds is 3. The van der Waals surface area contributed by atoms with Crippen LogP contribution in [0.3, 0.4) is 0 Å². The number of hydrogen-bond acceptors (Lipinski definition) is 4. The van der Waals surface area contributed by atoms with Crippen molar-refractivity contribution in [2.45, 2.75) is 12.5 Å². The predicted molar refractivity (Wildman–Crippen MR) is 61.2 cm³/mol. The molecule has 2 atom stereocenters. The molecule has 92 valence electrons. The van der Waals surface area contributed by atoms with Gasteiger partial charge in [-0.2, -0.15) is 0 Å². The molecule has 2 aliphatic rings. The van der Waals surface area contributed by atoms with Crippen LogP contribution in [-0.2, 0) is 9.53 Å². The molecule has 2 heterocycles. The number of carbonyl (C=O) groups excluding carboxylic acids is 1. The smallest absolute Gasteiger partial charge is 0.224 e. The highest BCUT2D eigenvalue weighted by Crippen LogP contribution is 2.13. The highest BCUT2D eigenvalue weighted by atomic mass is 16.5. The van der Waals surface area contributed by atoms with Crippen molar-refractivity contribution < 1.29 is 9.53 Å². The van der Waals surface area contributed by atoms with Crippen molar-refractivity contribution >= 4 is 5.91 Å². The number of nitrogens with one attached hydrogen (secondary N) is 2. The molecule has 0 aliphatic carbocycles. The quantitative estimate of drug-likeness (QED) is 0.652. The van der Waals surface area contributed by atoms with E-state index in [2.05, 4.69) is 22.6 Å². The lowest BCUT2D eigenvalue weighted by molar-refractivity contribution is -0.124.